The molecule has 0 N–H and O–H groups in total. The molecule has 0 spiro atoms. The van der Waals surface area contributed by atoms with Gasteiger partial charge in [-0.15, -0.1) is 0 Å². The number of benzene rings is 1. The number of hydrogen-bond donors (Lipinski definition) is 0. The molecule has 2 aliphatic rings. The molecule has 1 aromatic carbocycles. The molecule has 0 radical (unpaired) electrons. The van der Waals surface area contributed by atoms with Crippen LogP contribution in [0.5, 0.6) is 5.75 Å². The number of Topliss-reactive ketones (excluding diaryl/α,β-unsaturated/α-hetero) is 1. The average molecular weight is 316 g/mol. The molecule has 0 aliphatic carbocycles. The van der Waals surface area contributed by atoms with Crippen LogP contribution in [0.15, 0.2) is 18.2 Å². The van der Waals surface area contributed by atoms with Crippen molar-refractivity contribution in [2.75, 3.05) is 0 Å². The Balaban J connectivity index is 1.87. The number of alkyl halides is 2. The minimum absolute atomic E-state index is 0.291. The van der Waals surface area contributed by atoms with Gasteiger partial charge in [-0.3, -0.25) is 4.79 Å². The minimum atomic E-state index is -3.07. The maximum absolute atomic E-state index is 14.0. The van der Waals surface area contributed by atoms with Crippen LogP contribution in [0, 0.1) is 11.7 Å². The van der Waals surface area contributed by atoms with Crippen LogP contribution in [0.25, 0.3) is 0 Å². The van der Waals surface area contributed by atoms with Gasteiger partial charge in [0.1, 0.15) is 11.6 Å². The van der Waals surface area contributed by atoms with E-state index in [2.05, 4.69) is 4.74 Å². The van der Waals surface area contributed by atoms with Gasteiger partial charge in [-0.25, -0.2) is 4.39 Å². The zero-order chi connectivity index (χ0) is 15.0. The van der Waals surface area contributed by atoms with Crippen LogP contribution in [-0.4, -0.2) is 22.9 Å². The fourth-order valence-corrected chi connectivity index (χ4v) is 4.99. The highest BCUT2D eigenvalue weighted by Crippen LogP contribution is 2.47. The second kappa shape index (κ2) is 5.91. The number of hydrogen-bond acceptors (Lipinski definition) is 3. The Morgan fingerprint density at radius 1 is 1.24 bits per heavy atom. The molecule has 21 heavy (non-hydrogen) atoms. The van der Waals surface area contributed by atoms with Gasteiger partial charge in [-0.1, -0.05) is 6.07 Å². The molecule has 6 heteroatoms. The standard InChI is InChI=1S/C15H15F3O2S/c16-11-2-1-3-12(20-15(17)18)13(11)14(19)8-6-9-4-5-10(7-8)21-9/h1-3,8-10,15H,4-7H2. The maximum atomic E-state index is 14.0. The lowest BCUT2D eigenvalue weighted by Gasteiger charge is -2.26. The van der Waals surface area contributed by atoms with Crippen molar-refractivity contribution in [1.29, 1.82) is 0 Å². The van der Waals surface area contributed by atoms with Crippen LogP contribution in [-0.2, 0) is 0 Å². The van der Waals surface area contributed by atoms with Crippen molar-refractivity contribution in [1.82, 2.24) is 0 Å². The zero-order valence-corrected chi connectivity index (χ0v) is 12.0. The van der Waals surface area contributed by atoms with Crippen LogP contribution in [0.3, 0.4) is 0 Å². The van der Waals surface area contributed by atoms with E-state index in [0.717, 1.165) is 18.9 Å². The Kier molecular flexibility index (Phi) is 4.15. The average Bonchev–Trinajstić information content (AvgIpc) is 2.76. The van der Waals surface area contributed by atoms with Crippen molar-refractivity contribution in [2.24, 2.45) is 5.92 Å². The van der Waals surface area contributed by atoms with E-state index in [-0.39, 0.29) is 17.2 Å². The highest BCUT2D eigenvalue weighted by atomic mass is 32.2. The van der Waals surface area contributed by atoms with E-state index in [1.54, 1.807) is 0 Å². The second-order valence-corrected chi connectivity index (χ2v) is 7.09. The molecular formula is C15H15F3O2S. The third kappa shape index (κ3) is 3.05. The Bertz CT molecular complexity index is 538. The number of thioether (sulfide) groups is 1. The molecule has 2 aliphatic heterocycles. The topological polar surface area (TPSA) is 26.3 Å². The summed E-state index contributed by atoms with van der Waals surface area (Å²) in [7, 11) is 0. The maximum Gasteiger partial charge on any atom is 0.387 e. The lowest BCUT2D eigenvalue weighted by molar-refractivity contribution is -0.0503. The van der Waals surface area contributed by atoms with Crippen LogP contribution in [0.2, 0.25) is 0 Å². The summed E-state index contributed by atoms with van der Waals surface area (Å²) in [6.45, 7) is -3.07. The largest absolute Gasteiger partial charge is 0.434 e. The van der Waals surface area contributed by atoms with Crippen molar-refractivity contribution < 1.29 is 22.7 Å². The first-order chi connectivity index (χ1) is 10.0. The van der Waals surface area contributed by atoms with E-state index in [1.165, 1.54) is 12.1 Å². The lowest BCUT2D eigenvalue weighted by atomic mass is 9.89. The molecule has 2 fully saturated rings. The van der Waals surface area contributed by atoms with E-state index in [4.69, 9.17) is 0 Å². The molecule has 2 saturated heterocycles. The summed E-state index contributed by atoms with van der Waals surface area (Å²) < 4.78 is 43.1. The van der Waals surface area contributed by atoms with Gasteiger partial charge in [-0.2, -0.15) is 20.5 Å². The quantitative estimate of drug-likeness (QED) is 0.775. The molecule has 0 aromatic heterocycles. The van der Waals surface area contributed by atoms with Gasteiger partial charge < -0.3 is 4.74 Å². The van der Waals surface area contributed by atoms with E-state index in [1.807, 2.05) is 11.8 Å². The predicted molar refractivity (Wildman–Crippen MR) is 74.5 cm³/mol. The summed E-state index contributed by atoms with van der Waals surface area (Å²) in [6, 6.07) is 3.59. The van der Waals surface area contributed by atoms with Crippen LogP contribution in [0.4, 0.5) is 13.2 Å². The van der Waals surface area contributed by atoms with E-state index in [9.17, 15) is 18.0 Å². The summed E-state index contributed by atoms with van der Waals surface area (Å²) in [4.78, 5) is 12.6. The fraction of sp³-hybridized carbons (Fsp3) is 0.533. The summed E-state index contributed by atoms with van der Waals surface area (Å²) >= 11 is 1.89. The fourth-order valence-electron chi connectivity index (χ4n) is 3.21. The second-order valence-electron chi connectivity index (χ2n) is 5.48. The molecule has 3 rings (SSSR count). The molecule has 1 aromatic rings. The van der Waals surface area contributed by atoms with Crippen molar-refractivity contribution in [2.45, 2.75) is 42.8 Å². The highest BCUT2D eigenvalue weighted by Gasteiger charge is 2.39. The van der Waals surface area contributed by atoms with Crippen LogP contribution >= 0.6 is 11.8 Å². The van der Waals surface area contributed by atoms with E-state index >= 15 is 0 Å². The zero-order valence-electron chi connectivity index (χ0n) is 11.2. The van der Waals surface area contributed by atoms with E-state index < -0.39 is 18.2 Å². The molecular weight excluding hydrogens is 301 g/mol. The molecule has 2 bridgehead atoms. The van der Waals surface area contributed by atoms with Gasteiger partial charge in [-0.05, 0) is 37.8 Å². The normalized spacial score (nSPS) is 27.9. The first-order valence-electron chi connectivity index (χ1n) is 6.97. The molecule has 2 atom stereocenters. The monoisotopic (exact) mass is 316 g/mol. The third-order valence-electron chi connectivity index (χ3n) is 4.10. The lowest BCUT2D eigenvalue weighted by Crippen LogP contribution is -2.26. The third-order valence-corrected chi connectivity index (χ3v) is 5.73. The first-order valence-corrected chi connectivity index (χ1v) is 7.92. The van der Waals surface area contributed by atoms with Gasteiger partial charge in [0.2, 0.25) is 0 Å². The summed E-state index contributed by atoms with van der Waals surface area (Å²) in [6.07, 6.45) is 3.55. The van der Waals surface area contributed by atoms with Crippen molar-refractivity contribution in [3.8, 4) is 5.75 Å². The molecule has 0 amide bonds. The molecule has 114 valence electrons. The van der Waals surface area contributed by atoms with Crippen molar-refractivity contribution in [3.63, 3.8) is 0 Å². The Labute approximate surface area is 125 Å². The highest BCUT2D eigenvalue weighted by molar-refractivity contribution is 8.00. The number of halogens is 3. The Morgan fingerprint density at radius 3 is 2.52 bits per heavy atom. The number of fused-ring (bicyclic) bond motifs is 2. The summed E-state index contributed by atoms with van der Waals surface area (Å²) in [5, 5.41) is 0.868. The number of ketones is 1. The Hall–Kier alpha value is -1.17. The summed E-state index contributed by atoms with van der Waals surface area (Å²) in [5.74, 6) is -1.84. The van der Waals surface area contributed by atoms with Gasteiger partial charge in [0, 0.05) is 16.4 Å². The Morgan fingerprint density at radius 2 is 1.90 bits per heavy atom. The molecule has 2 unspecified atom stereocenters. The van der Waals surface area contributed by atoms with Gasteiger partial charge in [0.15, 0.2) is 5.78 Å². The van der Waals surface area contributed by atoms with Crippen molar-refractivity contribution >= 4 is 17.5 Å². The summed E-state index contributed by atoms with van der Waals surface area (Å²) in [5.41, 5.74) is -0.325. The van der Waals surface area contributed by atoms with Gasteiger partial charge in [0.25, 0.3) is 0 Å². The number of rotatable bonds is 4. The first kappa shape index (κ1) is 14.8. The smallest absolute Gasteiger partial charge is 0.387 e. The van der Waals surface area contributed by atoms with E-state index in [0.29, 0.717) is 23.3 Å². The van der Waals surface area contributed by atoms with Gasteiger partial charge >= 0.3 is 6.61 Å². The SMILES string of the molecule is O=C(c1c(F)cccc1OC(F)F)C1CC2CCC(C1)S2. The number of ether oxygens (including phenoxy) is 1. The minimum Gasteiger partial charge on any atom is -0.434 e. The van der Waals surface area contributed by atoms with Gasteiger partial charge in [0.05, 0.1) is 5.56 Å². The molecule has 2 nitrogen and oxygen atoms in total. The molecule has 0 saturated carbocycles. The number of carbonyl (C=O) groups is 1. The number of carbonyl (C=O) groups excluding carboxylic acids is 1. The van der Waals surface area contributed by atoms with Crippen LogP contribution < -0.4 is 4.74 Å². The van der Waals surface area contributed by atoms with Crippen molar-refractivity contribution in [3.05, 3.63) is 29.6 Å². The molecule has 2 heterocycles. The van der Waals surface area contributed by atoms with Crippen LogP contribution in [0.1, 0.15) is 36.0 Å². The predicted octanol–water partition coefficient (Wildman–Crippen LogP) is 4.28.